The predicted molar refractivity (Wildman–Crippen MR) is 73.0 cm³/mol. The van der Waals surface area contributed by atoms with Crippen molar-refractivity contribution >= 4 is 26.4 Å². The lowest BCUT2D eigenvalue weighted by Gasteiger charge is -2.10. The molecule has 10 heteroatoms. The highest BCUT2D eigenvalue weighted by Crippen LogP contribution is 2.27. The highest BCUT2D eigenvalue weighted by atomic mass is 32.2. The quantitative estimate of drug-likeness (QED) is 0.919. The van der Waals surface area contributed by atoms with E-state index in [1.807, 2.05) is 6.07 Å². The number of thiophene rings is 1. The van der Waals surface area contributed by atoms with Gasteiger partial charge in [0.25, 0.3) is 10.0 Å². The van der Waals surface area contributed by atoms with Crippen LogP contribution < -0.4 is 9.46 Å². The first-order valence-electron chi connectivity index (χ1n) is 5.57. The molecular weight excluding hydrogens is 341 g/mol. The number of rotatable bonds is 4. The molecule has 0 aliphatic rings. The third-order valence-electron chi connectivity index (χ3n) is 2.38. The maximum Gasteiger partial charge on any atom is 0.573 e. The summed E-state index contributed by atoms with van der Waals surface area (Å²) in [4.78, 5) is -0.251. The molecule has 0 bridgehead atoms. The fraction of sp³-hybridized carbons (Fsp3) is 0.0833. The SMILES string of the molecule is N#Cc1ccsc1NS(=O)(=O)c1ccc(OC(F)(F)F)cc1. The van der Waals surface area contributed by atoms with E-state index in [0.717, 1.165) is 35.6 Å². The Morgan fingerprint density at radius 2 is 1.82 bits per heavy atom. The Morgan fingerprint density at radius 3 is 2.36 bits per heavy atom. The first-order valence-corrected chi connectivity index (χ1v) is 7.94. The Labute approximate surface area is 127 Å². The van der Waals surface area contributed by atoms with Gasteiger partial charge in [0.2, 0.25) is 0 Å². The normalized spacial score (nSPS) is 11.7. The Hall–Kier alpha value is -2.25. The second-order valence-corrected chi connectivity index (χ2v) is 6.50. The van der Waals surface area contributed by atoms with Crippen LogP contribution in [0.4, 0.5) is 18.2 Å². The molecule has 1 aromatic heterocycles. The fourth-order valence-electron chi connectivity index (χ4n) is 1.48. The lowest BCUT2D eigenvalue weighted by molar-refractivity contribution is -0.274. The molecule has 0 spiro atoms. The maximum absolute atomic E-state index is 12.1. The Balaban J connectivity index is 2.22. The van der Waals surface area contributed by atoms with Crippen LogP contribution in [0.5, 0.6) is 5.75 Å². The topological polar surface area (TPSA) is 79.2 Å². The molecule has 1 heterocycles. The zero-order valence-electron chi connectivity index (χ0n) is 10.6. The molecule has 0 saturated carbocycles. The number of anilines is 1. The van der Waals surface area contributed by atoms with Crippen molar-refractivity contribution in [2.45, 2.75) is 11.3 Å². The van der Waals surface area contributed by atoms with E-state index in [1.54, 1.807) is 0 Å². The van der Waals surface area contributed by atoms with Gasteiger partial charge in [0, 0.05) is 0 Å². The number of nitrogens with one attached hydrogen (secondary N) is 1. The number of halogens is 3. The van der Waals surface area contributed by atoms with E-state index in [2.05, 4.69) is 9.46 Å². The van der Waals surface area contributed by atoms with Crippen molar-refractivity contribution in [3.63, 3.8) is 0 Å². The summed E-state index contributed by atoms with van der Waals surface area (Å²) in [6, 6.07) is 7.00. The van der Waals surface area contributed by atoms with Crippen LogP contribution in [0, 0.1) is 11.3 Å². The van der Waals surface area contributed by atoms with E-state index in [4.69, 9.17) is 5.26 Å². The van der Waals surface area contributed by atoms with Crippen molar-refractivity contribution in [3.05, 3.63) is 41.3 Å². The third kappa shape index (κ3) is 3.90. The first-order chi connectivity index (χ1) is 10.2. The largest absolute Gasteiger partial charge is 0.573 e. The Bertz CT molecular complexity index is 805. The van der Waals surface area contributed by atoms with Gasteiger partial charge in [0.15, 0.2) is 0 Å². The van der Waals surface area contributed by atoms with Crippen molar-refractivity contribution in [2.24, 2.45) is 0 Å². The predicted octanol–water partition coefficient (Wildman–Crippen LogP) is 3.32. The molecule has 5 nitrogen and oxygen atoms in total. The highest BCUT2D eigenvalue weighted by Gasteiger charge is 2.31. The molecule has 1 aromatic carbocycles. The van der Waals surface area contributed by atoms with Crippen molar-refractivity contribution in [2.75, 3.05) is 4.72 Å². The van der Waals surface area contributed by atoms with Crippen molar-refractivity contribution in [1.29, 1.82) is 5.26 Å². The van der Waals surface area contributed by atoms with Crippen LogP contribution in [0.15, 0.2) is 40.6 Å². The molecule has 0 fully saturated rings. The second-order valence-electron chi connectivity index (χ2n) is 3.90. The van der Waals surface area contributed by atoms with Crippen LogP contribution in [0.25, 0.3) is 0 Å². The van der Waals surface area contributed by atoms with Gasteiger partial charge in [0.1, 0.15) is 16.8 Å². The summed E-state index contributed by atoms with van der Waals surface area (Å²) in [5, 5.41) is 10.5. The summed E-state index contributed by atoms with van der Waals surface area (Å²) in [6.07, 6.45) is -4.85. The van der Waals surface area contributed by atoms with E-state index < -0.39 is 22.1 Å². The van der Waals surface area contributed by atoms with Crippen molar-refractivity contribution in [3.8, 4) is 11.8 Å². The number of ether oxygens (including phenoxy) is 1. The first kappa shape index (κ1) is 16.1. The second kappa shape index (κ2) is 5.86. The summed E-state index contributed by atoms with van der Waals surface area (Å²) >= 11 is 1.02. The molecule has 0 amide bonds. The molecule has 0 atom stereocenters. The zero-order valence-corrected chi connectivity index (χ0v) is 12.2. The van der Waals surface area contributed by atoms with Crippen LogP contribution in [-0.4, -0.2) is 14.8 Å². The minimum absolute atomic E-state index is 0.137. The monoisotopic (exact) mass is 348 g/mol. The summed E-state index contributed by atoms with van der Waals surface area (Å²) < 4.78 is 66.1. The molecule has 2 aromatic rings. The maximum atomic E-state index is 12.1. The Kier molecular flexibility index (Phi) is 4.30. The van der Waals surface area contributed by atoms with E-state index in [0.29, 0.717) is 0 Å². The van der Waals surface area contributed by atoms with Crippen LogP contribution in [0.3, 0.4) is 0 Å². The van der Waals surface area contributed by atoms with Gasteiger partial charge in [-0.1, -0.05) is 0 Å². The van der Waals surface area contributed by atoms with Gasteiger partial charge in [0.05, 0.1) is 10.5 Å². The minimum atomic E-state index is -4.85. The number of nitriles is 1. The van der Waals surface area contributed by atoms with Crippen LogP contribution in [0.1, 0.15) is 5.56 Å². The standard InChI is InChI=1S/C12H7F3N2O3S2/c13-12(14,15)20-9-1-3-10(4-2-9)22(18,19)17-11-8(7-16)5-6-21-11/h1-6,17H. The van der Waals surface area contributed by atoms with E-state index in [-0.39, 0.29) is 15.5 Å². The highest BCUT2D eigenvalue weighted by molar-refractivity contribution is 7.93. The lowest BCUT2D eigenvalue weighted by Crippen LogP contribution is -2.17. The van der Waals surface area contributed by atoms with E-state index in [9.17, 15) is 21.6 Å². The van der Waals surface area contributed by atoms with Crippen LogP contribution in [-0.2, 0) is 10.0 Å². The Morgan fingerprint density at radius 1 is 1.18 bits per heavy atom. The van der Waals surface area contributed by atoms with Gasteiger partial charge in [-0.3, -0.25) is 4.72 Å². The lowest BCUT2D eigenvalue weighted by atomic mass is 10.3. The molecule has 0 unspecified atom stereocenters. The average molecular weight is 348 g/mol. The zero-order chi connectivity index (χ0) is 16.4. The molecule has 0 radical (unpaired) electrons. The smallest absolute Gasteiger partial charge is 0.406 e. The van der Waals surface area contributed by atoms with Gasteiger partial charge in [-0.05, 0) is 35.7 Å². The molecule has 116 valence electrons. The van der Waals surface area contributed by atoms with Crippen molar-refractivity contribution < 1.29 is 26.3 Å². The van der Waals surface area contributed by atoms with Crippen LogP contribution >= 0.6 is 11.3 Å². The summed E-state index contributed by atoms with van der Waals surface area (Å²) in [5.41, 5.74) is 0.158. The number of nitrogens with zero attached hydrogens (tertiary/aromatic N) is 1. The number of hydrogen-bond donors (Lipinski definition) is 1. The average Bonchev–Trinajstić information content (AvgIpc) is 2.84. The number of hydrogen-bond acceptors (Lipinski definition) is 5. The van der Waals surface area contributed by atoms with Gasteiger partial charge >= 0.3 is 6.36 Å². The van der Waals surface area contributed by atoms with Gasteiger partial charge in [-0.2, -0.15) is 5.26 Å². The van der Waals surface area contributed by atoms with Crippen LogP contribution in [0.2, 0.25) is 0 Å². The summed E-state index contributed by atoms with van der Waals surface area (Å²) in [5.74, 6) is -0.528. The molecule has 0 aliphatic heterocycles. The molecule has 0 saturated heterocycles. The minimum Gasteiger partial charge on any atom is -0.406 e. The van der Waals surface area contributed by atoms with Crippen molar-refractivity contribution in [1.82, 2.24) is 0 Å². The van der Waals surface area contributed by atoms with E-state index in [1.165, 1.54) is 11.4 Å². The van der Waals surface area contributed by atoms with Gasteiger partial charge < -0.3 is 4.74 Å². The van der Waals surface area contributed by atoms with Gasteiger partial charge in [-0.15, -0.1) is 24.5 Å². The molecule has 2 rings (SSSR count). The van der Waals surface area contributed by atoms with Gasteiger partial charge in [-0.25, -0.2) is 8.42 Å². The number of alkyl halides is 3. The van der Waals surface area contributed by atoms with E-state index >= 15 is 0 Å². The molecule has 1 N–H and O–H groups in total. The molecular formula is C12H7F3N2O3S2. The summed E-state index contributed by atoms with van der Waals surface area (Å²) in [7, 11) is -4.00. The molecule has 22 heavy (non-hydrogen) atoms. The third-order valence-corrected chi connectivity index (χ3v) is 4.71. The molecule has 0 aliphatic carbocycles. The fourth-order valence-corrected chi connectivity index (χ4v) is 3.55. The number of benzene rings is 1. The number of sulfonamides is 1. The summed E-state index contributed by atoms with van der Waals surface area (Å²) in [6.45, 7) is 0.